The average molecular weight is 291 g/mol. The van der Waals surface area contributed by atoms with Crippen molar-refractivity contribution in [2.24, 2.45) is 5.73 Å². The second-order valence-electron chi connectivity index (χ2n) is 5.76. The Bertz CT molecular complexity index is 416. The van der Waals surface area contributed by atoms with Crippen LogP contribution < -0.4 is 15.4 Å². The van der Waals surface area contributed by atoms with Gasteiger partial charge in [-0.15, -0.1) is 0 Å². The Kier molecular flexibility index (Phi) is 6.33. The molecule has 1 aliphatic rings. The Hall–Kier alpha value is -1.26. The minimum atomic E-state index is 0.219. The Balaban J connectivity index is 1.85. The van der Waals surface area contributed by atoms with Crippen molar-refractivity contribution in [2.45, 2.75) is 38.8 Å². The molecular weight excluding hydrogens is 262 g/mol. The smallest absolute Gasteiger partial charge is 0.142 e. The third-order valence-electron chi connectivity index (χ3n) is 4.31. The minimum absolute atomic E-state index is 0.219. The SMILES string of the molecule is CCCCCC(N)N1CCN(c2ccccc2OC)CC1. The second kappa shape index (κ2) is 8.25. The summed E-state index contributed by atoms with van der Waals surface area (Å²) in [7, 11) is 1.73. The van der Waals surface area contributed by atoms with Crippen molar-refractivity contribution in [3.8, 4) is 5.75 Å². The Morgan fingerprint density at radius 1 is 1.14 bits per heavy atom. The van der Waals surface area contributed by atoms with Gasteiger partial charge in [-0.25, -0.2) is 0 Å². The standard InChI is InChI=1S/C17H29N3O/c1-3-4-5-10-17(18)20-13-11-19(12-14-20)15-8-6-7-9-16(15)21-2/h6-9,17H,3-5,10-14,18H2,1-2H3. The highest BCUT2D eigenvalue weighted by molar-refractivity contribution is 5.58. The summed E-state index contributed by atoms with van der Waals surface area (Å²) in [4.78, 5) is 4.82. The van der Waals surface area contributed by atoms with Crippen LogP contribution in [0, 0.1) is 0 Å². The average Bonchev–Trinajstić information content (AvgIpc) is 2.55. The van der Waals surface area contributed by atoms with Crippen LogP contribution >= 0.6 is 0 Å². The van der Waals surface area contributed by atoms with Crippen molar-refractivity contribution >= 4 is 5.69 Å². The quantitative estimate of drug-likeness (QED) is 0.784. The molecule has 1 unspecified atom stereocenters. The lowest BCUT2D eigenvalue weighted by Gasteiger charge is -2.39. The fraction of sp³-hybridized carbons (Fsp3) is 0.647. The molecule has 4 nitrogen and oxygen atoms in total. The van der Waals surface area contributed by atoms with Gasteiger partial charge in [0, 0.05) is 26.2 Å². The van der Waals surface area contributed by atoms with Crippen molar-refractivity contribution in [1.29, 1.82) is 0 Å². The van der Waals surface area contributed by atoms with Crippen molar-refractivity contribution in [3.63, 3.8) is 0 Å². The number of para-hydroxylation sites is 2. The zero-order valence-electron chi connectivity index (χ0n) is 13.4. The first kappa shape index (κ1) is 16.1. The molecule has 1 aromatic carbocycles. The highest BCUT2D eigenvalue weighted by Crippen LogP contribution is 2.28. The van der Waals surface area contributed by atoms with E-state index in [0.29, 0.717) is 0 Å². The van der Waals surface area contributed by atoms with E-state index < -0.39 is 0 Å². The molecule has 21 heavy (non-hydrogen) atoms. The maximum absolute atomic E-state index is 6.31. The summed E-state index contributed by atoms with van der Waals surface area (Å²) in [6.07, 6.45) is 5.12. The molecule has 4 heteroatoms. The lowest BCUT2D eigenvalue weighted by Crippen LogP contribution is -2.53. The van der Waals surface area contributed by atoms with E-state index in [9.17, 15) is 0 Å². The van der Waals surface area contributed by atoms with Gasteiger partial charge in [0.25, 0.3) is 0 Å². The monoisotopic (exact) mass is 291 g/mol. The number of nitrogens with two attached hydrogens (primary N) is 1. The fourth-order valence-corrected chi connectivity index (χ4v) is 2.97. The molecule has 2 rings (SSSR count). The Labute approximate surface area is 128 Å². The van der Waals surface area contributed by atoms with Gasteiger partial charge in [-0.05, 0) is 18.6 Å². The number of hydrogen-bond donors (Lipinski definition) is 1. The zero-order chi connectivity index (χ0) is 15.1. The molecule has 1 aliphatic heterocycles. The number of nitrogens with zero attached hydrogens (tertiary/aromatic N) is 2. The van der Waals surface area contributed by atoms with Gasteiger partial charge in [0.1, 0.15) is 5.75 Å². The molecule has 1 aromatic rings. The number of rotatable bonds is 7. The predicted molar refractivity (Wildman–Crippen MR) is 88.9 cm³/mol. The lowest BCUT2D eigenvalue weighted by atomic mass is 10.1. The molecule has 118 valence electrons. The normalized spacial score (nSPS) is 17.8. The van der Waals surface area contributed by atoms with E-state index >= 15 is 0 Å². The molecule has 2 N–H and O–H groups in total. The van der Waals surface area contributed by atoms with Crippen LogP contribution in [0.15, 0.2) is 24.3 Å². The van der Waals surface area contributed by atoms with Gasteiger partial charge in [0.15, 0.2) is 0 Å². The molecule has 0 saturated carbocycles. The van der Waals surface area contributed by atoms with Crippen LogP contribution in [0.4, 0.5) is 5.69 Å². The number of hydrogen-bond acceptors (Lipinski definition) is 4. The van der Waals surface area contributed by atoms with E-state index in [1.807, 2.05) is 12.1 Å². The van der Waals surface area contributed by atoms with Crippen LogP contribution in [0.3, 0.4) is 0 Å². The summed E-state index contributed by atoms with van der Waals surface area (Å²) in [5, 5.41) is 0. The van der Waals surface area contributed by atoms with E-state index in [-0.39, 0.29) is 6.17 Å². The number of ether oxygens (including phenoxy) is 1. The third kappa shape index (κ3) is 4.35. The molecule has 0 amide bonds. The summed E-state index contributed by atoms with van der Waals surface area (Å²) in [6.45, 7) is 6.33. The molecule has 1 fully saturated rings. The van der Waals surface area contributed by atoms with Crippen LogP contribution in [0.1, 0.15) is 32.6 Å². The Morgan fingerprint density at radius 3 is 2.52 bits per heavy atom. The summed E-state index contributed by atoms with van der Waals surface area (Å²) in [6, 6.07) is 8.25. The van der Waals surface area contributed by atoms with Gasteiger partial charge < -0.3 is 15.4 Å². The summed E-state index contributed by atoms with van der Waals surface area (Å²) in [5.74, 6) is 0.957. The van der Waals surface area contributed by atoms with E-state index in [0.717, 1.165) is 38.3 Å². The van der Waals surface area contributed by atoms with Gasteiger partial charge in [-0.3, -0.25) is 4.90 Å². The van der Waals surface area contributed by atoms with E-state index in [2.05, 4.69) is 28.9 Å². The maximum atomic E-state index is 6.31. The summed E-state index contributed by atoms with van der Waals surface area (Å²) >= 11 is 0. The third-order valence-corrected chi connectivity index (χ3v) is 4.31. The van der Waals surface area contributed by atoms with Crippen molar-refractivity contribution in [1.82, 2.24) is 4.90 Å². The first-order valence-electron chi connectivity index (χ1n) is 8.14. The second-order valence-corrected chi connectivity index (χ2v) is 5.76. The molecule has 1 saturated heterocycles. The highest BCUT2D eigenvalue weighted by atomic mass is 16.5. The zero-order valence-corrected chi connectivity index (χ0v) is 13.4. The number of anilines is 1. The highest BCUT2D eigenvalue weighted by Gasteiger charge is 2.22. The van der Waals surface area contributed by atoms with Gasteiger partial charge >= 0.3 is 0 Å². The molecule has 0 radical (unpaired) electrons. The number of piperazine rings is 1. The van der Waals surface area contributed by atoms with Crippen LogP contribution in [0.2, 0.25) is 0 Å². The number of benzene rings is 1. The minimum Gasteiger partial charge on any atom is -0.495 e. The molecular formula is C17H29N3O. The van der Waals surface area contributed by atoms with Gasteiger partial charge in [0.2, 0.25) is 0 Å². The van der Waals surface area contributed by atoms with E-state index in [4.69, 9.17) is 10.5 Å². The molecule has 0 aromatic heterocycles. The number of unbranched alkanes of at least 4 members (excludes halogenated alkanes) is 2. The maximum Gasteiger partial charge on any atom is 0.142 e. The van der Waals surface area contributed by atoms with Gasteiger partial charge in [-0.1, -0.05) is 38.3 Å². The first-order chi connectivity index (χ1) is 10.3. The van der Waals surface area contributed by atoms with Crippen LogP contribution in [-0.2, 0) is 0 Å². The van der Waals surface area contributed by atoms with Crippen molar-refractivity contribution in [3.05, 3.63) is 24.3 Å². The largest absolute Gasteiger partial charge is 0.495 e. The number of methoxy groups -OCH3 is 1. The first-order valence-corrected chi connectivity index (χ1v) is 8.14. The van der Waals surface area contributed by atoms with Gasteiger partial charge in [-0.2, -0.15) is 0 Å². The van der Waals surface area contributed by atoms with Crippen LogP contribution in [0.5, 0.6) is 5.75 Å². The van der Waals surface area contributed by atoms with Crippen molar-refractivity contribution in [2.75, 3.05) is 38.2 Å². The Morgan fingerprint density at radius 2 is 1.86 bits per heavy atom. The van der Waals surface area contributed by atoms with Crippen LogP contribution in [0.25, 0.3) is 0 Å². The topological polar surface area (TPSA) is 41.7 Å². The van der Waals surface area contributed by atoms with E-state index in [1.54, 1.807) is 7.11 Å². The summed E-state index contributed by atoms with van der Waals surface area (Å²) < 4.78 is 5.46. The molecule has 1 heterocycles. The van der Waals surface area contributed by atoms with E-state index in [1.165, 1.54) is 24.9 Å². The van der Waals surface area contributed by atoms with Gasteiger partial charge in [0.05, 0.1) is 19.0 Å². The van der Waals surface area contributed by atoms with Crippen molar-refractivity contribution < 1.29 is 4.74 Å². The fourth-order valence-electron chi connectivity index (χ4n) is 2.97. The molecule has 0 bridgehead atoms. The lowest BCUT2D eigenvalue weighted by molar-refractivity contribution is 0.176. The van der Waals surface area contributed by atoms with Crippen LogP contribution in [-0.4, -0.2) is 44.4 Å². The predicted octanol–water partition coefficient (Wildman–Crippen LogP) is 2.68. The molecule has 0 spiro atoms. The molecule has 1 atom stereocenters. The summed E-state index contributed by atoms with van der Waals surface area (Å²) in [5.41, 5.74) is 7.51. The molecule has 0 aliphatic carbocycles.